The molecule has 92 valence electrons. The third-order valence-corrected chi connectivity index (χ3v) is 4.18. The van der Waals surface area contributed by atoms with E-state index in [1.165, 1.54) is 17.4 Å². The lowest BCUT2D eigenvalue weighted by Crippen LogP contribution is -2.00. The number of fused-ring (bicyclic) bond motifs is 2. The maximum atomic E-state index is 12.4. The highest BCUT2D eigenvalue weighted by Crippen LogP contribution is 2.28. The van der Waals surface area contributed by atoms with Gasteiger partial charge in [-0.3, -0.25) is 4.79 Å². The normalized spacial score (nSPS) is 10.6. The zero-order valence-corrected chi connectivity index (χ0v) is 11.1. The van der Waals surface area contributed by atoms with Gasteiger partial charge in [0.25, 0.3) is 0 Å². The molecule has 0 saturated heterocycles. The zero-order valence-electron chi connectivity index (χ0n) is 9.51. The highest BCUT2D eigenvalue weighted by molar-refractivity contribution is 7.24. The molecular weight excluding hydrogens is 282 g/mol. The lowest BCUT2D eigenvalue weighted by molar-refractivity contribution is 0.565. The summed E-state index contributed by atoms with van der Waals surface area (Å²) in [6.45, 7) is 0. The Hall–Kier alpha value is -2.00. The number of nitrogens with zero attached hydrogens (tertiary/aromatic N) is 1. The van der Waals surface area contributed by atoms with Crippen LogP contribution in [0.5, 0.6) is 0 Å². The largest absolute Gasteiger partial charge is 0.289 e. The van der Waals surface area contributed by atoms with Crippen molar-refractivity contribution in [2.24, 2.45) is 4.99 Å². The summed E-state index contributed by atoms with van der Waals surface area (Å²) in [7, 11) is 0. The van der Waals surface area contributed by atoms with E-state index < -0.39 is 0 Å². The number of halogens is 1. The summed E-state index contributed by atoms with van der Waals surface area (Å²) < 4.78 is 1.73. The molecule has 3 nitrogen and oxygen atoms in total. The van der Waals surface area contributed by atoms with Gasteiger partial charge in [0, 0.05) is 25.2 Å². The van der Waals surface area contributed by atoms with Crippen molar-refractivity contribution < 1.29 is 4.79 Å². The van der Waals surface area contributed by atoms with E-state index in [-0.39, 0.29) is 5.43 Å². The molecule has 0 radical (unpaired) electrons. The van der Waals surface area contributed by atoms with E-state index in [9.17, 15) is 9.59 Å². The maximum absolute atomic E-state index is 12.4. The molecule has 5 heteroatoms. The van der Waals surface area contributed by atoms with Gasteiger partial charge in [-0.2, -0.15) is 4.99 Å². The van der Waals surface area contributed by atoms with Crippen LogP contribution in [0.15, 0.2) is 46.2 Å². The second-order valence-corrected chi connectivity index (χ2v) is 5.48. The Labute approximate surface area is 116 Å². The summed E-state index contributed by atoms with van der Waals surface area (Å²) in [5.74, 6) is 0. The van der Waals surface area contributed by atoms with Crippen molar-refractivity contribution in [3.05, 3.63) is 51.6 Å². The summed E-state index contributed by atoms with van der Waals surface area (Å²) in [6.07, 6.45) is 1.47. The molecule has 0 aliphatic carbocycles. The molecule has 0 spiro atoms. The van der Waals surface area contributed by atoms with Crippen LogP contribution in [0, 0.1) is 0 Å². The fourth-order valence-electron chi connectivity index (χ4n) is 1.94. The van der Waals surface area contributed by atoms with Gasteiger partial charge >= 0.3 is 0 Å². The molecule has 0 aliphatic heterocycles. The molecule has 19 heavy (non-hydrogen) atoms. The van der Waals surface area contributed by atoms with Crippen LogP contribution in [-0.4, -0.2) is 6.08 Å². The second kappa shape index (κ2) is 4.59. The Balaban J connectivity index is 2.48. The van der Waals surface area contributed by atoms with Crippen molar-refractivity contribution >= 4 is 54.9 Å². The van der Waals surface area contributed by atoms with E-state index in [1.54, 1.807) is 30.3 Å². The Morgan fingerprint density at radius 1 is 1.05 bits per heavy atom. The molecule has 3 rings (SSSR count). The van der Waals surface area contributed by atoms with E-state index >= 15 is 0 Å². The molecule has 2 aromatic carbocycles. The number of aliphatic imine (C=N–C) groups is 1. The topological polar surface area (TPSA) is 46.5 Å². The minimum atomic E-state index is -0.103. The smallest absolute Gasteiger partial charge is 0.240 e. The van der Waals surface area contributed by atoms with Crippen LogP contribution in [0.25, 0.3) is 20.2 Å². The van der Waals surface area contributed by atoms with Gasteiger partial charge < -0.3 is 0 Å². The van der Waals surface area contributed by atoms with Gasteiger partial charge in [-0.1, -0.05) is 11.6 Å². The van der Waals surface area contributed by atoms with Crippen LogP contribution in [0.2, 0.25) is 5.02 Å². The minimum Gasteiger partial charge on any atom is -0.289 e. The second-order valence-electron chi connectivity index (χ2n) is 3.96. The quantitative estimate of drug-likeness (QED) is 0.385. The molecule has 1 heterocycles. The van der Waals surface area contributed by atoms with Crippen LogP contribution < -0.4 is 5.43 Å². The highest BCUT2D eigenvalue weighted by atomic mass is 35.5. The SMILES string of the molecule is O=C=Nc1ccc2sc3ccc(Cl)cc3c(=O)c2c1. The number of hydrogen-bond acceptors (Lipinski definition) is 4. The first-order valence-electron chi connectivity index (χ1n) is 5.43. The fourth-order valence-corrected chi connectivity index (χ4v) is 3.14. The zero-order chi connectivity index (χ0) is 13.4. The molecule has 0 bridgehead atoms. The van der Waals surface area contributed by atoms with Crippen LogP contribution >= 0.6 is 22.9 Å². The molecule has 0 saturated carbocycles. The van der Waals surface area contributed by atoms with Crippen molar-refractivity contribution in [3.8, 4) is 0 Å². The van der Waals surface area contributed by atoms with Gasteiger partial charge in [-0.15, -0.1) is 11.3 Å². The molecule has 0 unspecified atom stereocenters. The van der Waals surface area contributed by atoms with Gasteiger partial charge in [0.05, 0.1) is 5.69 Å². The van der Waals surface area contributed by atoms with E-state index in [1.807, 2.05) is 6.07 Å². The Bertz CT molecular complexity index is 910. The van der Waals surface area contributed by atoms with Gasteiger partial charge in [-0.25, -0.2) is 4.79 Å². The van der Waals surface area contributed by atoms with Gasteiger partial charge in [0.2, 0.25) is 6.08 Å². The molecule has 3 aromatic rings. The molecule has 0 amide bonds. The Morgan fingerprint density at radius 3 is 2.47 bits per heavy atom. The third-order valence-electron chi connectivity index (χ3n) is 2.79. The Kier molecular flexibility index (Phi) is 2.91. The van der Waals surface area contributed by atoms with Gasteiger partial charge in [-0.05, 0) is 36.4 Å². The first kappa shape index (κ1) is 12.1. The van der Waals surface area contributed by atoms with Crippen LogP contribution in [0.3, 0.4) is 0 Å². The molecule has 0 aliphatic rings. The van der Waals surface area contributed by atoms with Gasteiger partial charge in [0.1, 0.15) is 0 Å². The average molecular weight is 288 g/mol. The lowest BCUT2D eigenvalue weighted by Gasteiger charge is -2.01. The van der Waals surface area contributed by atoms with Crippen LogP contribution in [-0.2, 0) is 4.79 Å². The lowest BCUT2D eigenvalue weighted by atomic mass is 10.1. The van der Waals surface area contributed by atoms with Crippen molar-refractivity contribution in [1.29, 1.82) is 0 Å². The first-order chi connectivity index (χ1) is 9.19. The van der Waals surface area contributed by atoms with Crippen molar-refractivity contribution in [2.45, 2.75) is 0 Å². The van der Waals surface area contributed by atoms with Crippen LogP contribution in [0.4, 0.5) is 5.69 Å². The predicted octanol–water partition coefficient (Wildman–Crippen LogP) is 4.04. The van der Waals surface area contributed by atoms with Gasteiger partial charge in [0.15, 0.2) is 5.43 Å². The molecule has 0 fully saturated rings. The third kappa shape index (κ3) is 2.06. The number of carbonyl (C=O) groups excluding carboxylic acids is 1. The summed E-state index contributed by atoms with van der Waals surface area (Å²) in [6, 6.07) is 10.3. The summed E-state index contributed by atoms with van der Waals surface area (Å²) in [5.41, 5.74) is 0.322. The number of benzene rings is 2. The minimum absolute atomic E-state index is 0.103. The summed E-state index contributed by atoms with van der Waals surface area (Å²) in [5, 5.41) is 1.65. The van der Waals surface area contributed by atoms with E-state index in [2.05, 4.69) is 4.99 Å². The Morgan fingerprint density at radius 2 is 1.74 bits per heavy atom. The van der Waals surface area contributed by atoms with Crippen molar-refractivity contribution in [3.63, 3.8) is 0 Å². The van der Waals surface area contributed by atoms with Crippen molar-refractivity contribution in [2.75, 3.05) is 0 Å². The standard InChI is InChI=1S/C14H6ClNO2S/c15-8-1-3-12-10(5-8)14(18)11-6-9(16-7-17)2-4-13(11)19-12/h1-6H. The van der Waals surface area contributed by atoms with E-state index in [4.69, 9.17) is 11.6 Å². The number of isocyanates is 1. The maximum Gasteiger partial charge on any atom is 0.240 e. The van der Waals surface area contributed by atoms with Crippen LogP contribution in [0.1, 0.15) is 0 Å². The van der Waals surface area contributed by atoms with E-state index in [0.717, 1.165) is 9.40 Å². The predicted molar refractivity (Wildman–Crippen MR) is 78.4 cm³/mol. The molecule has 0 N–H and O–H groups in total. The number of rotatable bonds is 1. The van der Waals surface area contributed by atoms with Crippen molar-refractivity contribution in [1.82, 2.24) is 0 Å². The first-order valence-corrected chi connectivity index (χ1v) is 6.62. The average Bonchev–Trinajstić information content (AvgIpc) is 2.41. The molecule has 0 atom stereocenters. The highest BCUT2D eigenvalue weighted by Gasteiger charge is 2.07. The monoisotopic (exact) mass is 287 g/mol. The number of hydrogen-bond donors (Lipinski definition) is 0. The summed E-state index contributed by atoms with van der Waals surface area (Å²) >= 11 is 7.42. The van der Waals surface area contributed by atoms with E-state index in [0.29, 0.717) is 21.5 Å². The fraction of sp³-hybridized carbons (Fsp3) is 0. The molecular formula is C14H6ClNO2S. The summed E-state index contributed by atoms with van der Waals surface area (Å²) in [4.78, 5) is 26.2. The molecule has 1 aromatic heterocycles.